The van der Waals surface area contributed by atoms with Crippen LogP contribution in [0.5, 0.6) is 5.75 Å². The molecule has 0 radical (unpaired) electrons. The zero-order valence-electron chi connectivity index (χ0n) is 20.9. The Bertz CT molecular complexity index is 1630. The Hall–Kier alpha value is -4.38. The highest BCUT2D eigenvalue weighted by molar-refractivity contribution is 6.06. The molecular formula is C31H28N2O3. The van der Waals surface area contributed by atoms with Crippen molar-refractivity contribution in [1.29, 1.82) is 0 Å². The first-order chi connectivity index (χ1) is 17.4. The number of rotatable bonds is 6. The summed E-state index contributed by atoms with van der Waals surface area (Å²) >= 11 is 0. The summed E-state index contributed by atoms with van der Waals surface area (Å²) in [5, 5.41) is 6.19. The molecule has 0 bridgehead atoms. The van der Waals surface area contributed by atoms with Crippen LogP contribution in [0.1, 0.15) is 30.5 Å². The monoisotopic (exact) mass is 476 g/mol. The van der Waals surface area contributed by atoms with Gasteiger partial charge in [0, 0.05) is 34.3 Å². The SMILES string of the molecule is CCOc1c(/C(C)=C/C(=O)Nc2cc(C)ccn2)cc2c(-c3ccc4ccccc4c3)coc2c1C. The number of nitrogens with zero attached hydrogens (tertiary/aromatic N) is 1. The van der Waals surface area contributed by atoms with Gasteiger partial charge in [0.05, 0.1) is 12.9 Å². The third-order valence-electron chi connectivity index (χ3n) is 6.33. The van der Waals surface area contributed by atoms with Crippen LogP contribution in [-0.4, -0.2) is 17.5 Å². The van der Waals surface area contributed by atoms with E-state index in [0.717, 1.165) is 50.1 Å². The van der Waals surface area contributed by atoms with Crippen LogP contribution in [0, 0.1) is 13.8 Å². The largest absolute Gasteiger partial charge is 0.493 e. The van der Waals surface area contributed by atoms with Crippen LogP contribution in [0.25, 0.3) is 38.4 Å². The molecule has 0 aliphatic heterocycles. The highest BCUT2D eigenvalue weighted by Gasteiger charge is 2.19. The minimum atomic E-state index is -0.243. The molecule has 3 aromatic carbocycles. The zero-order chi connectivity index (χ0) is 25.2. The Kier molecular flexibility index (Phi) is 6.30. The number of aromatic nitrogens is 1. The predicted molar refractivity (Wildman–Crippen MR) is 146 cm³/mol. The fraction of sp³-hybridized carbons (Fsp3) is 0.161. The molecule has 5 rings (SSSR count). The Morgan fingerprint density at radius 3 is 2.64 bits per heavy atom. The number of anilines is 1. The number of aryl methyl sites for hydroxylation is 2. The number of pyridine rings is 1. The van der Waals surface area contributed by atoms with Gasteiger partial charge in [-0.3, -0.25) is 4.79 Å². The van der Waals surface area contributed by atoms with Crippen molar-refractivity contribution in [2.75, 3.05) is 11.9 Å². The number of hydrogen-bond acceptors (Lipinski definition) is 4. The number of benzene rings is 3. The molecule has 0 saturated carbocycles. The molecule has 2 heterocycles. The number of carbonyl (C=O) groups is 1. The summed E-state index contributed by atoms with van der Waals surface area (Å²) in [7, 11) is 0. The van der Waals surface area contributed by atoms with Crippen molar-refractivity contribution in [1.82, 2.24) is 4.98 Å². The minimum absolute atomic E-state index is 0.243. The fourth-order valence-corrected chi connectivity index (χ4v) is 4.56. The van der Waals surface area contributed by atoms with Gasteiger partial charge < -0.3 is 14.5 Å². The first-order valence-electron chi connectivity index (χ1n) is 12.0. The summed E-state index contributed by atoms with van der Waals surface area (Å²) in [6, 6.07) is 20.5. The minimum Gasteiger partial charge on any atom is -0.493 e. The highest BCUT2D eigenvalue weighted by atomic mass is 16.5. The molecule has 5 heteroatoms. The number of amides is 1. The van der Waals surface area contributed by atoms with E-state index in [4.69, 9.17) is 9.15 Å². The lowest BCUT2D eigenvalue weighted by molar-refractivity contribution is -0.111. The van der Waals surface area contributed by atoms with Gasteiger partial charge in [0.1, 0.15) is 17.2 Å². The van der Waals surface area contributed by atoms with Crippen LogP contribution >= 0.6 is 0 Å². The molecule has 0 fully saturated rings. The average Bonchev–Trinajstić information content (AvgIpc) is 3.29. The van der Waals surface area contributed by atoms with Crippen LogP contribution in [0.4, 0.5) is 5.82 Å². The first kappa shape index (κ1) is 23.4. The number of ether oxygens (including phenoxy) is 1. The maximum absolute atomic E-state index is 12.8. The first-order valence-corrected chi connectivity index (χ1v) is 12.0. The highest BCUT2D eigenvalue weighted by Crippen LogP contribution is 2.41. The Morgan fingerprint density at radius 1 is 1.06 bits per heavy atom. The van der Waals surface area contributed by atoms with Crippen LogP contribution in [0.2, 0.25) is 0 Å². The van der Waals surface area contributed by atoms with E-state index in [2.05, 4.69) is 46.7 Å². The maximum Gasteiger partial charge on any atom is 0.249 e. The van der Waals surface area contributed by atoms with E-state index in [1.165, 1.54) is 10.8 Å². The van der Waals surface area contributed by atoms with Crippen LogP contribution in [0.3, 0.4) is 0 Å². The molecule has 0 saturated heterocycles. The number of nitrogens with one attached hydrogen (secondary N) is 1. The third kappa shape index (κ3) is 4.48. The second-order valence-electron chi connectivity index (χ2n) is 8.93. The summed E-state index contributed by atoms with van der Waals surface area (Å²) in [5.41, 5.74) is 6.45. The molecule has 180 valence electrons. The summed E-state index contributed by atoms with van der Waals surface area (Å²) in [4.78, 5) is 17.0. The summed E-state index contributed by atoms with van der Waals surface area (Å²) in [6.45, 7) is 8.33. The van der Waals surface area contributed by atoms with Crippen molar-refractivity contribution >= 4 is 39.0 Å². The van der Waals surface area contributed by atoms with Crippen molar-refractivity contribution < 1.29 is 13.9 Å². The third-order valence-corrected chi connectivity index (χ3v) is 6.33. The normalized spacial score (nSPS) is 11.7. The zero-order valence-corrected chi connectivity index (χ0v) is 20.9. The van der Waals surface area contributed by atoms with E-state index in [1.807, 2.05) is 52.0 Å². The molecule has 1 N–H and O–H groups in total. The standard InChI is InChI=1S/C31H28N2O3/c1-5-35-30-21(4)31-26(27(18-36-31)24-11-10-22-8-6-7-9-23(22)16-24)17-25(30)20(3)15-29(34)33-28-14-19(2)12-13-32-28/h6-18H,5H2,1-4H3,(H,32,33,34)/b20-15+. The smallest absolute Gasteiger partial charge is 0.249 e. The molecule has 2 aromatic heterocycles. The van der Waals surface area contributed by atoms with E-state index in [9.17, 15) is 4.79 Å². The number of hydrogen-bond donors (Lipinski definition) is 1. The molecule has 0 spiro atoms. The second-order valence-corrected chi connectivity index (χ2v) is 8.93. The Labute approximate surface area is 210 Å². The van der Waals surface area contributed by atoms with Crippen LogP contribution in [-0.2, 0) is 4.79 Å². The fourth-order valence-electron chi connectivity index (χ4n) is 4.56. The van der Waals surface area contributed by atoms with Gasteiger partial charge in [0.2, 0.25) is 5.91 Å². The van der Waals surface area contributed by atoms with Crippen molar-refractivity contribution in [3.8, 4) is 16.9 Å². The second kappa shape index (κ2) is 9.70. The Balaban J connectivity index is 1.59. The van der Waals surface area contributed by atoms with E-state index >= 15 is 0 Å². The van der Waals surface area contributed by atoms with Crippen molar-refractivity contribution in [3.63, 3.8) is 0 Å². The lowest BCUT2D eigenvalue weighted by atomic mass is 9.95. The molecule has 5 nitrogen and oxygen atoms in total. The lowest BCUT2D eigenvalue weighted by Gasteiger charge is -2.15. The van der Waals surface area contributed by atoms with Crippen LogP contribution in [0.15, 0.2) is 83.6 Å². The quantitative estimate of drug-likeness (QED) is 0.255. The van der Waals surface area contributed by atoms with E-state index in [0.29, 0.717) is 12.4 Å². The average molecular weight is 477 g/mol. The summed E-state index contributed by atoms with van der Waals surface area (Å²) < 4.78 is 12.1. The molecule has 0 aliphatic rings. The van der Waals surface area contributed by atoms with Gasteiger partial charge in [0.25, 0.3) is 0 Å². The van der Waals surface area contributed by atoms with Crippen molar-refractivity contribution in [2.24, 2.45) is 0 Å². The maximum atomic E-state index is 12.8. The number of allylic oxidation sites excluding steroid dienone is 1. The van der Waals surface area contributed by atoms with E-state index in [-0.39, 0.29) is 5.91 Å². The number of fused-ring (bicyclic) bond motifs is 2. The van der Waals surface area contributed by atoms with Gasteiger partial charge in [-0.25, -0.2) is 4.98 Å². The summed E-state index contributed by atoms with van der Waals surface area (Å²) in [6.07, 6.45) is 5.07. The van der Waals surface area contributed by atoms with Gasteiger partial charge in [-0.1, -0.05) is 36.4 Å². The summed E-state index contributed by atoms with van der Waals surface area (Å²) in [5.74, 6) is 1.00. The molecule has 36 heavy (non-hydrogen) atoms. The van der Waals surface area contributed by atoms with Gasteiger partial charge in [-0.2, -0.15) is 0 Å². The van der Waals surface area contributed by atoms with Crippen molar-refractivity contribution in [2.45, 2.75) is 27.7 Å². The lowest BCUT2D eigenvalue weighted by Crippen LogP contribution is -2.10. The molecule has 5 aromatic rings. The van der Waals surface area contributed by atoms with Crippen LogP contribution < -0.4 is 10.1 Å². The van der Waals surface area contributed by atoms with E-state index < -0.39 is 0 Å². The predicted octanol–water partition coefficient (Wildman–Crippen LogP) is 7.71. The van der Waals surface area contributed by atoms with Gasteiger partial charge in [-0.15, -0.1) is 0 Å². The topological polar surface area (TPSA) is 64.4 Å². The molecule has 0 aliphatic carbocycles. The van der Waals surface area contributed by atoms with Crippen molar-refractivity contribution in [3.05, 3.63) is 95.9 Å². The molecule has 1 amide bonds. The molecule has 0 atom stereocenters. The van der Waals surface area contributed by atoms with Gasteiger partial charge in [-0.05, 0) is 79.4 Å². The van der Waals surface area contributed by atoms with E-state index in [1.54, 1.807) is 18.5 Å². The number of furan rings is 1. The Morgan fingerprint density at radius 2 is 1.86 bits per heavy atom. The number of carbonyl (C=O) groups excluding carboxylic acids is 1. The van der Waals surface area contributed by atoms with Gasteiger partial charge >= 0.3 is 0 Å². The van der Waals surface area contributed by atoms with Gasteiger partial charge in [0.15, 0.2) is 0 Å². The molecule has 0 unspecified atom stereocenters. The molecular weight excluding hydrogens is 448 g/mol.